The summed E-state index contributed by atoms with van der Waals surface area (Å²) >= 11 is 0. The number of amides is 1. The number of anilines is 1. The maximum atomic E-state index is 12.5. The predicted molar refractivity (Wildman–Crippen MR) is 90.5 cm³/mol. The van der Waals surface area contributed by atoms with Crippen LogP contribution in [0.15, 0.2) is 23.1 Å². The van der Waals surface area contributed by atoms with Crippen molar-refractivity contribution in [3.63, 3.8) is 0 Å². The van der Waals surface area contributed by atoms with E-state index in [1.165, 1.54) is 13.2 Å². The standard InChI is InChI=1S/C16H23N3O4S/c1-10(11-8-17-9-11)16(20)18-13-5-6-14(23-2)15(7-13)24(21,22)19-12-3-4-12/h5-7,10-12,17,19H,3-4,8-9H2,1-2H3,(H,18,20). The van der Waals surface area contributed by atoms with Crippen molar-refractivity contribution in [2.45, 2.75) is 30.7 Å². The van der Waals surface area contributed by atoms with Crippen molar-refractivity contribution < 1.29 is 17.9 Å². The predicted octanol–water partition coefficient (Wildman–Crippen LogP) is 0.930. The van der Waals surface area contributed by atoms with E-state index < -0.39 is 10.0 Å². The monoisotopic (exact) mass is 353 g/mol. The Morgan fingerprint density at radius 2 is 2.04 bits per heavy atom. The van der Waals surface area contributed by atoms with Crippen LogP contribution in [0.2, 0.25) is 0 Å². The Morgan fingerprint density at radius 1 is 1.33 bits per heavy atom. The second kappa shape index (κ2) is 6.70. The molecule has 1 atom stereocenters. The van der Waals surface area contributed by atoms with Crippen LogP contribution in [-0.2, 0) is 14.8 Å². The van der Waals surface area contributed by atoms with Gasteiger partial charge in [-0.3, -0.25) is 4.79 Å². The molecule has 132 valence electrons. The van der Waals surface area contributed by atoms with Crippen molar-refractivity contribution in [3.8, 4) is 5.75 Å². The molecule has 1 aliphatic heterocycles. The highest BCUT2D eigenvalue weighted by molar-refractivity contribution is 7.89. The molecule has 1 amide bonds. The summed E-state index contributed by atoms with van der Waals surface area (Å²) in [6.07, 6.45) is 1.70. The van der Waals surface area contributed by atoms with Gasteiger partial charge in [-0.2, -0.15) is 0 Å². The summed E-state index contributed by atoms with van der Waals surface area (Å²) in [6, 6.07) is 4.67. The minimum Gasteiger partial charge on any atom is -0.495 e. The summed E-state index contributed by atoms with van der Waals surface area (Å²) in [7, 11) is -2.24. The largest absolute Gasteiger partial charge is 0.495 e. The van der Waals surface area contributed by atoms with Gasteiger partial charge in [0.2, 0.25) is 15.9 Å². The number of methoxy groups -OCH3 is 1. The summed E-state index contributed by atoms with van der Waals surface area (Å²) in [6.45, 7) is 3.56. The van der Waals surface area contributed by atoms with Crippen molar-refractivity contribution in [2.75, 3.05) is 25.5 Å². The van der Waals surface area contributed by atoms with Gasteiger partial charge in [0.25, 0.3) is 0 Å². The molecule has 1 unspecified atom stereocenters. The van der Waals surface area contributed by atoms with Crippen molar-refractivity contribution in [1.82, 2.24) is 10.0 Å². The second-order valence-corrected chi connectivity index (χ2v) is 8.14. The maximum Gasteiger partial charge on any atom is 0.244 e. The van der Waals surface area contributed by atoms with E-state index in [0.717, 1.165) is 25.9 Å². The maximum absolute atomic E-state index is 12.5. The van der Waals surface area contributed by atoms with Crippen LogP contribution in [-0.4, -0.2) is 40.6 Å². The van der Waals surface area contributed by atoms with Gasteiger partial charge in [0.15, 0.2) is 0 Å². The van der Waals surface area contributed by atoms with E-state index in [1.807, 2.05) is 6.92 Å². The van der Waals surface area contributed by atoms with Crippen LogP contribution < -0.4 is 20.1 Å². The van der Waals surface area contributed by atoms with Crippen LogP contribution in [0.1, 0.15) is 19.8 Å². The number of nitrogens with one attached hydrogen (secondary N) is 3. The molecule has 0 radical (unpaired) electrons. The average Bonchev–Trinajstić information content (AvgIpc) is 3.28. The number of carbonyl (C=O) groups is 1. The first kappa shape index (κ1) is 17.2. The SMILES string of the molecule is COc1ccc(NC(=O)C(C)C2CNC2)cc1S(=O)(=O)NC1CC1. The Balaban J connectivity index is 1.79. The Labute approximate surface area is 142 Å². The van der Waals surface area contributed by atoms with E-state index in [0.29, 0.717) is 11.6 Å². The minimum atomic E-state index is -3.66. The second-order valence-electron chi connectivity index (χ2n) is 6.46. The third-order valence-corrected chi connectivity index (χ3v) is 6.10. The third-order valence-electron chi connectivity index (χ3n) is 4.55. The van der Waals surface area contributed by atoms with Gasteiger partial charge in [-0.1, -0.05) is 6.92 Å². The molecule has 3 rings (SSSR count). The fraction of sp³-hybridized carbons (Fsp3) is 0.562. The van der Waals surface area contributed by atoms with E-state index >= 15 is 0 Å². The third kappa shape index (κ3) is 3.71. The topological polar surface area (TPSA) is 96.5 Å². The molecule has 1 saturated carbocycles. The van der Waals surface area contributed by atoms with E-state index in [-0.39, 0.29) is 28.5 Å². The summed E-state index contributed by atoms with van der Waals surface area (Å²) in [4.78, 5) is 12.4. The van der Waals surface area contributed by atoms with Gasteiger partial charge in [-0.25, -0.2) is 13.1 Å². The molecule has 1 heterocycles. The van der Waals surface area contributed by atoms with Gasteiger partial charge >= 0.3 is 0 Å². The lowest BCUT2D eigenvalue weighted by Crippen LogP contribution is -2.48. The summed E-state index contributed by atoms with van der Waals surface area (Å²) in [5.41, 5.74) is 0.455. The summed E-state index contributed by atoms with van der Waals surface area (Å²) in [5.74, 6) is 0.350. The smallest absolute Gasteiger partial charge is 0.244 e. The molecular weight excluding hydrogens is 330 g/mol. The zero-order valence-corrected chi connectivity index (χ0v) is 14.7. The number of hydrogen-bond donors (Lipinski definition) is 3. The Morgan fingerprint density at radius 3 is 2.58 bits per heavy atom. The highest BCUT2D eigenvalue weighted by atomic mass is 32.2. The minimum absolute atomic E-state index is 0.00379. The first-order chi connectivity index (χ1) is 11.4. The van der Waals surface area contributed by atoms with Crippen molar-refractivity contribution in [2.24, 2.45) is 11.8 Å². The zero-order valence-electron chi connectivity index (χ0n) is 13.8. The van der Waals surface area contributed by atoms with Crippen LogP contribution >= 0.6 is 0 Å². The van der Waals surface area contributed by atoms with Gasteiger partial charge in [0.05, 0.1) is 7.11 Å². The van der Waals surface area contributed by atoms with E-state index in [9.17, 15) is 13.2 Å². The number of hydrogen-bond acceptors (Lipinski definition) is 5. The van der Waals surface area contributed by atoms with Crippen LogP contribution in [0, 0.1) is 11.8 Å². The number of benzene rings is 1. The van der Waals surface area contributed by atoms with Gasteiger partial charge in [0, 0.05) is 17.6 Å². The summed E-state index contributed by atoms with van der Waals surface area (Å²) in [5, 5.41) is 5.95. The Bertz CT molecular complexity index is 727. The number of carbonyl (C=O) groups excluding carboxylic acids is 1. The number of rotatable bonds is 7. The van der Waals surface area contributed by atoms with Crippen molar-refractivity contribution in [1.29, 1.82) is 0 Å². The van der Waals surface area contributed by atoms with Crippen LogP contribution in [0.4, 0.5) is 5.69 Å². The van der Waals surface area contributed by atoms with Gasteiger partial charge in [-0.15, -0.1) is 0 Å². The molecule has 24 heavy (non-hydrogen) atoms. The first-order valence-corrected chi connectivity index (χ1v) is 9.61. The van der Waals surface area contributed by atoms with Gasteiger partial charge in [0.1, 0.15) is 10.6 Å². The van der Waals surface area contributed by atoms with Gasteiger partial charge in [-0.05, 0) is 50.0 Å². The average molecular weight is 353 g/mol. The van der Waals surface area contributed by atoms with E-state index in [4.69, 9.17) is 4.74 Å². The normalized spacial score (nSPS) is 19.4. The van der Waals surface area contributed by atoms with E-state index in [1.54, 1.807) is 12.1 Å². The fourth-order valence-corrected chi connectivity index (χ4v) is 4.08. The molecule has 2 fully saturated rings. The zero-order chi connectivity index (χ0) is 17.3. The molecule has 2 aliphatic rings. The molecule has 7 nitrogen and oxygen atoms in total. The van der Waals surface area contributed by atoms with Crippen molar-refractivity contribution in [3.05, 3.63) is 18.2 Å². The Kier molecular flexibility index (Phi) is 4.80. The highest BCUT2D eigenvalue weighted by Crippen LogP contribution is 2.30. The van der Waals surface area contributed by atoms with Crippen LogP contribution in [0.25, 0.3) is 0 Å². The molecule has 1 aromatic carbocycles. The molecule has 1 saturated heterocycles. The molecule has 0 aromatic heterocycles. The molecule has 3 N–H and O–H groups in total. The molecule has 1 aromatic rings. The molecule has 0 spiro atoms. The fourth-order valence-electron chi connectivity index (χ4n) is 2.58. The number of sulfonamides is 1. The Hall–Kier alpha value is -1.64. The molecule has 1 aliphatic carbocycles. The van der Waals surface area contributed by atoms with Crippen LogP contribution in [0.3, 0.4) is 0 Å². The lowest BCUT2D eigenvalue weighted by molar-refractivity contribution is -0.121. The molecule has 0 bridgehead atoms. The lowest BCUT2D eigenvalue weighted by Gasteiger charge is -2.31. The molecule has 8 heteroatoms. The van der Waals surface area contributed by atoms with E-state index in [2.05, 4.69) is 15.4 Å². The molecular formula is C16H23N3O4S. The first-order valence-electron chi connectivity index (χ1n) is 8.12. The quantitative estimate of drug-likeness (QED) is 0.678. The van der Waals surface area contributed by atoms with Crippen molar-refractivity contribution >= 4 is 21.6 Å². The lowest BCUT2D eigenvalue weighted by atomic mass is 9.88. The van der Waals surface area contributed by atoms with Gasteiger partial charge < -0.3 is 15.4 Å². The van der Waals surface area contributed by atoms with Crippen LogP contribution in [0.5, 0.6) is 5.75 Å². The number of ether oxygens (including phenoxy) is 1. The summed E-state index contributed by atoms with van der Waals surface area (Å²) < 4.78 is 32.8. The highest BCUT2D eigenvalue weighted by Gasteiger charge is 2.31.